The summed E-state index contributed by atoms with van der Waals surface area (Å²) in [5.74, 6) is 0.748. The largest absolute Gasteiger partial charge is 0.465 e. The molecule has 2 rings (SSSR count). The van der Waals surface area contributed by atoms with Gasteiger partial charge in [0.2, 0.25) is 5.56 Å². The van der Waals surface area contributed by atoms with Crippen LogP contribution in [0.1, 0.15) is 0 Å². The Morgan fingerprint density at radius 2 is 1.94 bits per heavy atom. The van der Waals surface area contributed by atoms with Gasteiger partial charge in [-0.3, -0.25) is 4.79 Å². The van der Waals surface area contributed by atoms with Crippen LogP contribution in [0.3, 0.4) is 0 Å². The first-order valence-corrected chi connectivity index (χ1v) is 5.09. The summed E-state index contributed by atoms with van der Waals surface area (Å²) in [5.41, 5.74) is -0.141. The highest BCUT2D eigenvalue weighted by Gasteiger charge is 2.20. The van der Waals surface area contributed by atoms with Crippen LogP contribution < -0.4 is 10.5 Å². The van der Waals surface area contributed by atoms with Gasteiger partial charge in [-0.2, -0.15) is 0 Å². The lowest BCUT2D eigenvalue weighted by molar-refractivity contribution is 0.142. The lowest BCUT2D eigenvalue weighted by Gasteiger charge is -2.34. The van der Waals surface area contributed by atoms with Crippen LogP contribution in [0, 0.1) is 0 Å². The highest BCUT2D eigenvalue weighted by atomic mass is 16.4. The van der Waals surface area contributed by atoms with Gasteiger partial charge < -0.3 is 19.9 Å². The number of H-pyrrole nitrogens is 1. The van der Waals surface area contributed by atoms with Crippen LogP contribution in [0.5, 0.6) is 0 Å². The van der Waals surface area contributed by atoms with Crippen LogP contribution in [0.2, 0.25) is 0 Å². The van der Waals surface area contributed by atoms with E-state index in [0.717, 1.165) is 5.82 Å². The van der Waals surface area contributed by atoms with Crippen LogP contribution in [0.25, 0.3) is 0 Å². The summed E-state index contributed by atoms with van der Waals surface area (Å²) in [7, 11) is 0. The molecule has 0 radical (unpaired) electrons. The second-order valence-electron chi connectivity index (χ2n) is 3.66. The molecule has 6 heteroatoms. The van der Waals surface area contributed by atoms with Crippen LogP contribution in [0.15, 0.2) is 23.0 Å². The van der Waals surface area contributed by atoms with E-state index in [1.54, 1.807) is 6.07 Å². The molecule has 1 aromatic rings. The maximum atomic E-state index is 11.1. The van der Waals surface area contributed by atoms with E-state index in [1.165, 1.54) is 11.0 Å². The van der Waals surface area contributed by atoms with Crippen molar-refractivity contribution in [2.45, 2.75) is 0 Å². The van der Waals surface area contributed by atoms with Gasteiger partial charge in [-0.15, -0.1) is 0 Å². The number of rotatable bonds is 1. The molecular weight excluding hydrogens is 210 g/mol. The van der Waals surface area contributed by atoms with Crippen molar-refractivity contribution in [1.29, 1.82) is 0 Å². The number of pyridine rings is 1. The molecule has 0 aliphatic carbocycles. The summed E-state index contributed by atoms with van der Waals surface area (Å²) in [6.45, 7) is 2.14. The molecule has 2 heterocycles. The molecule has 2 N–H and O–H groups in total. The summed E-state index contributed by atoms with van der Waals surface area (Å²) >= 11 is 0. The lowest BCUT2D eigenvalue weighted by atomic mass is 10.3. The van der Waals surface area contributed by atoms with Crippen molar-refractivity contribution < 1.29 is 9.90 Å². The highest BCUT2D eigenvalue weighted by molar-refractivity contribution is 5.65. The Morgan fingerprint density at radius 3 is 2.50 bits per heavy atom. The number of aromatic nitrogens is 1. The number of hydrogen-bond acceptors (Lipinski definition) is 3. The Labute approximate surface area is 92.1 Å². The molecule has 0 atom stereocenters. The number of nitrogens with one attached hydrogen (secondary N) is 1. The fourth-order valence-corrected chi connectivity index (χ4v) is 1.76. The van der Waals surface area contributed by atoms with Crippen molar-refractivity contribution in [1.82, 2.24) is 9.88 Å². The smallest absolute Gasteiger partial charge is 0.407 e. The zero-order chi connectivity index (χ0) is 11.5. The molecule has 1 fully saturated rings. The van der Waals surface area contributed by atoms with Crippen molar-refractivity contribution in [2.24, 2.45) is 0 Å². The number of piperazine rings is 1. The third-order valence-corrected chi connectivity index (χ3v) is 2.64. The Kier molecular flexibility index (Phi) is 2.80. The predicted octanol–water partition coefficient (Wildman–Crippen LogP) is 0.175. The Morgan fingerprint density at radius 1 is 1.25 bits per heavy atom. The monoisotopic (exact) mass is 223 g/mol. The highest BCUT2D eigenvalue weighted by Crippen LogP contribution is 2.11. The van der Waals surface area contributed by atoms with E-state index >= 15 is 0 Å². The second-order valence-corrected chi connectivity index (χ2v) is 3.66. The van der Waals surface area contributed by atoms with E-state index in [9.17, 15) is 9.59 Å². The summed E-state index contributed by atoms with van der Waals surface area (Å²) in [5, 5.41) is 8.79. The molecule has 6 nitrogen and oxygen atoms in total. The van der Waals surface area contributed by atoms with Crippen molar-refractivity contribution in [3.8, 4) is 0 Å². The number of hydrogen-bond donors (Lipinski definition) is 2. The van der Waals surface area contributed by atoms with Gasteiger partial charge in [-0.1, -0.05) is 6.07 Å². The number of carboxylic acid groups (broad SMARTS) is 1. The maximum Gasteiger partial charge on any atom is 0.407 e. The quantitative estimate of drug-likeness (QED) is 0.711. The zero-order valence-electron chi connectivity index (χ0n) is 8.72. The molecule has 0 aromatic carbocycles. The normalized spacial score (nSPS) is 16.2. The topological polar surface area (TPSA) is 76.6 Å². The van der Waals surface area contributed by atoms with Gasteiger partial charge >= 0.3 is 6.09 Å². The Hall–Kier alpha value is -1.98. The molecule has 0 bridgehead atoms. The van der Waals surface area contributed by atoms with Crippen LogP contribution in [-0.4, -0.2) is 47.3 Å². The van der Waals surface area contributed by atoms with Crippen molar-refractivity contribution in [3.63, 3.8) is 0 Å². The molecule has 1 aromatic heterocycles. The first-order chi connectivity index (χ1) is 7.66. The summed E-state index contributed by atoms with van der Waals surface area (Å²) in [4.78, 5) is 27.9. The van der Waals surface area contributed by atoms with Crippen LogP contribution in [-0.2, 0) is 0 Å². The molecule has 1 saturated heterocycles. The molecule has 16 heavy (non-hydrogen) atoms. The molecular formula is C10H13N3O3. The van der Waals surface area contributed by atoms with Crippen molar-refractivity contribution in [3.05, 3.63) is 28.6 Å². The van der Waals surface area contributed by atoms with E-state index < -0.39 is 6.09 Å². The first-order valence-electron chi connectivity index (χ1n) is 5.09. The van der Waals surface area contributed by atoms with Gasteiger partial charge in [0.25, 0.3) is 0 Å². The average Bonchev–Trinajstić information content (AvgIpc) is 2.29. The standard InChI is InChI=1S/C10H13N3O3/c14-9-3-1-2-8(11-9)12-4-6-13(7-5-12)10(15)16/h1-3H,4-7H2,(H,11,14)(H,15,16). The molecule has 0 unspecified atom stereocenters. The summed E-state index contributed by atoms with van der Waals surface area (Å²) in [6, 6.07) is 4.96. The van der Waals surface area contributed by atoms with Crippen LogP contribution in [0.4, 0.5) is 10.6 Å². The first kappa shape index (κ1) is 10.5. The fourth-order valence-electron chi connectivity index (χ4n) is 1.76. The van der Waals surface area contributed by atoms with Gasteiger partial charge in [-0.05, 0) is 6.07 Å². The summed E-state index contributed by atoms with van der Waals surface area (Å²) in [6.07, 6.45) is -0.888. The van der Waals surface area contributed by atoms with Crippen molar-refractivity contribution in [2.75, 3.05) is 31.1 Å². The minimum absolute atomic E-state index is 0.141. The molecule has 1 aliphatic rings. The molecule has 1 aliphatic heterocycles. The molecule has 86 valence electrons. The third kappa shape index (κ3) is 2.16. The van der Waals surface area contributed by atoms with E-state index in [-0.39, 0.29) is 5.56 Å². The number of amides is 1. The zero-order valence-corrected chi connectivity index (χ0v) is 8.72. The van der Waals surface area contributed by atoms with E-state index in [2.05, 4.69) is 4.98 Å². The maximum absolute atomic E-state index is 11.1. The van der Waals surface area contributed by atoms with Gasteiger partial charge in [0.05, 0.1) is 0 Å². The number of anilines is 1. The lowest BCUT2D eigenvalue weighted by Crippen LogP contribution is -2.48. The van der Waals surface area contributed by atoms with Crippen molar-refractivity contribution >= 4 is 11.9 Å². The third-order valence-electron chi connectivity index (χ3n) is 2.64. The molecule has 0 spiro atoms. The van der Waals surface area contributed by atoms with Crippen LogP contribution >= 0.6 is 0 Å². The van der Waals surface area contributed by atoms with Gasteiger partial charge in [-0.25, -0.2) is 4.79 Å². The van der Waals surface area contributed by atoms with Gasteiger partial charge in [0.15, 0.2) is 0 Å². The second kappa shape index (κ2) is 4.26. The van der Waals surface area contributed by atoms with E-state index in [0.29, 0.717) is 26.2 Å². The van der Waals surface area contributed by atoms with E-state index in [4.69, 9.17) is 5.11 Å². The number of carbonyl (C=O) groups is 1. The summed E-state index contributed by atoms with van der Waals surface area (Å²) < 4.78 is 0. The van der Waals surface area contributed by atoms with Gasteiger partial charge in [0, 0.05) is 32.2 Å². The molecule has 1 amide bonds. The SMILES string of the molecule is O=C(O)N1CCN(c2cccc(=O)[nH]2)CC1. The predicted molar refractivity (Wildman–Crippen MR) is 58.9 cm³/mol. The average molecular weight is 223 g/mol. The van der Waals surface area contributed by atoms with E-state index in [1.807, 2.05) is 11.0 Å². The number of aromatic amines is 1. The minimum Gasteiger partial charge on any atom is -0.465 e. The Bertz CT molecular complexity index is 435. The van der Waals surface area contributed by atoms with Gasteiger partial charge in [0.1, 0.15) is 5.82 Å². The molecule has 0 saturated carbocycles. The minimum atomic E-state index is -0.888. The fraction of sp³-hybridized carbons (Fsp3) is 0.400. The number of nitrogens with zero attached hydrogens (tertiary/aromatic N) is 2. The Balaban J connectivity index is 2.04.